The van der Waals surface area contributed by atoms with E-state index in [1.165, 1.54) is 12.8 Å². The summed E-state index contributed by atoms with van der Waals surface area (Å²) in [7, 11) is 0. The van der Waals surface area contributed by atoms with E-state index in [4.69, 9.17) is 11.6 Å². The summed E-state index contributed by atoms with van der Waals surface area (Å²) in [6.07, 6.45) is 10.8. The van der Waals surface area contributed by atoms with E-state index in [1.807, 2.05) is 12.2 Å². The lowest BCUT2D eigenvalue weighted by molar-refractivity contribution is 0.814. The lowest BCUT2D eigenvalue weighted by atomic mass is 10.2. The number of halogens is 1. The fourth-order valence-electron chi connectivity index (χ4n) is 0.781. The maximum Gasteiger partial charge on any atom is 0.0362 e. The summed E-state index contributed by atoms with van der Waals surface area (Å²) in [6, 6.07) is 0. The van der Waals surface area contributed by atoms with Crippen molar-refractivity contribution >= 4 is 11.6 Å². The van der Waals surface area contributed by atoms with Gasteiger partial charge in [0, 0.05) is 5.03 Å². The van der Waals surface area contributed by atoms with E-state index in [-0.39, 0.29) is 0 Å². The second kappa shape index (κ2) is 7.87. The predicted molar refractivity (Wildman–Crippen MR) is 52.9 cm³/mol. The minimum Gasteiger partial charge on any atom is -0.0847 e. The summed E-state index contributed by atoms with van der Waals surface area (Å²) >= 11 is 5.83. The molecular formula is C10H17Cl. The van der Waals surface area contributed by atoms with Crippen molar-refractivity contribution in [3.05, 3.63) is 23.3 Å². The van der Waals surface area contributed by atoms with E-state index in [0.717, 1.165) is 17.9 Å². The second-order valence-corrected chi connectivity index (χ2v) is 2.98. The van der Waals surface area contributed by atoms with Crippen LogP contribution >= 0.6 is 11.6 Å². The molecule has 0 aliphatic carbocycles. The summed E-state index contributed by atoms with van der Waals surface area (Å²) in [6.45, 7) is 4.28. The molecule has 64 valence electrons. The number of hydrogen-bond acceptors (Lipinski definition) is 0. The Hall–Kier alpha value is -0.230. The Balaban J connectivity index is 3.48. The number of hydrogen-bond donors (Lipinski definition) is 0. The third-order valence-corrected chi connectivity index (χ3v) is 1.68. The Morgan fingerprint density at radius 3 is 2.64 bits per heavy atom. The molecule has 0 bridgehead atoms. The third-order valence-electron chi connectivity index (χ3n) is 1.40. The largest absolute Gasteiger partial charge is 0.0847 e. The van der Waals surface area contributed by atoms with E-state index >= 15 is 0 Å². The van der Waals surface area contributed by atoms with Crippen LogP contribution in [0, 0.1) is 0 Å². The van der Waals surface area contributed by atoms with Crippen LogP contribution in [0.4, 0.5) is 0 Å². The van der Waals surface area contributed by atoms with Gasteiger partial charge in [0.25, 0.3) is 0 Å². The topological polar surface area (TPSA) is 0 Å². The lowest BCUT2D eigenvalue weighted by Gasteiger charge is -1.89. The zero-order valence-corrected chi connectivity index (χ0v) is 8.19. The molecule has 0 aliphatic rings. The fraction of sp³-hybridized carbons (Fsp3) is 0.600. The minimum atomic E-state index is 0.864. The lowest BCUT2D eigenvalue weighted by Crippen LogP contribution is -1.68. The quantitative estimate of drug-likeness (QED) is 0.429. The van der Waals surface area contributed by atoms with Gasteiger partial charge in [-0.3, -0.25) is 0 Å². The maximum atomic E-state index is 5.83. The zero-order valence-electron chi connectivity index (χ0n) is 7.44. The van der Waals surface area contributed by atoms with Gasteiger partial charge in [-0.1, -0.05) is 50.4 Å². The molecule has 0 nitrogen and oxygen atoms in total. The van der Waals surface area contributed by atoms with Gasteiger partial charge in [-0.15, -0.1) is 0 Å². The van der Waals surface area contributed by atoms with E-state index in [9.17, 15) is 0 Å². The molecule has 0 N–H and O–H groups in total. The minimum absolute atomic E-state index is 0.864. The van der Waals surface area contributed by atoms with Crippen molar-refractivity contribution in [2.75, 3.05) is 0 Å². The smallest absolute Gasteiger partial charge is 0.0362 e. The van der Waals surface area contributed by atoms with Gasteiger partial charge < -0.3 is 0 Å². The molecule has 0 atom stereocenters. The van der Waals surface area contributed by atoms with Crippen LogP contribution in [0.3, 0.4) is 0 Å². The van der Waals surface area contributed by atoms with Gasteiger partial charge in [0.05, 0.1) is 0 Å². The van der Waals surface area contributed by atoms with Crippen LogP contribution in [0.15, 0.2) is 23.3 Å². The molecule has 0 heterocycles. The van der Waals surface area contributed by atoms with Gasteiger partial charge >= 0.3 is 0 Å². The Morgan fingerprint density at radius 2 is 2.09 bits per heavy atom. The summed E-state index contributed by atoms with van der Waals surface area (Å²) in [5.41, 5.74) is 0. The highest BCUT2D eigenvalue weighted by Crippen LogP contribution is 2.06. The van der Waals surface area contributed by atoms with Gasteiger partial charge in [0.2, 0.25) is 0 Å². The monoisotopic (exact) mass is 172 g/mol. The summed E-state index contributed by atoms with van der Waals surface area (Å²) in [4.78, 5) is 0. The molecule has 0 fully saturated rings. The highest BCUT2D eigenvalue weighted by Gasteiger charge is 1.82. The molecule has 0 amide bonds. The molecule has 0 aromatic heterocycles. The van der Waals surface area contributed by atoms with Gasteiger partial charge in [-0.25, -0.2) is 0 Å². The van der Waals surface area contributed by atoms with Crippen LogP contribution in [0.25, 0.3) is 0 Å². The van der Waals surface area contributed by atoms with E-state index in [1.54, 1.807) is 0 Å². The Labute approximate surface area is 74.9 Å². The van der Waals surface area contributed by atoms with Crippen LogP contribution in [0.1, 0.15) is 39.5 Å². The SMILES string of the molecule is CC/C=C(/Cl)C=CCCCC. The van der Waals surface area contributed by atoms with Crippen LogP contribution in [-0.4, -0.2) is 0 Å². The van der Waals surface area contributed by atoms with Crippen molar-refractivity contribution in [3.63, 3.8) is 0 Å². The van der Waals surface area contributed by atoms with Crippen LogP contribution in [-0.2, 0) is 0 Å². The molecule has 0 saturated carbocycles. The highest BCUT2D eigenvalue weighted by atomic mass is 35.5. The normalized spacial score (nSPS) is 12.8. The standard InChI is InChI=1S/C10H17Cl/c1-3-5-6-7-9-10(11)8-4-2/h7-9H,3-6H2,1-2H3/b9-7?,10-8+. The predicted octanol–water partition coefficient (Wildman–Crippen LogP) is 4.27. The van der Waals surface area contributed by atoms with E-state index in [0.29, 0.717) is 0 Å². The first kappa shape index (κ1) is 10.8. The highest BCUT2D eigenvalue weighted by molar-refractivity contribution is 6.31. The summed E-state index contributed by atoms with van der Waals surface area (Å²) in [5.74, 6) is 0. The maximum absolute atomic E-state index is 5.83. The molecule has 11 heavy (non-hydrogen) atoms. The van der Waals surface area contributed by atoms with Gasteiger partial charge in [0.1, 0.15) is 0 Å². The zero-order chi connectivity index (χ0) is 8.53. The molecule has 0 aromatic rings. The van der Waals surface area contributed by atoms with Gasteiger partial charge in [0.15, 0.2) is 0 Å². The van der Waals surface area contributed by atoms with Crippen molar-refractivity contribution in [2.45, 2.75) is 39.5 Å². The molecule has 0 aromatic carbocycles. The van der Waals surface area contributed by atoms with Crippen molar-refractivity contribution in [1.82, 2.24) is 0 Å². The van der Waals surface area contributed by atoms with Crippen LogP contribution in [0.2, 0.25) is 0 Å². The molecule has 0 unspecified atom stereocenters. The molecule has 0 spiro atoms. The molecule has 1 heteroatoms. The molecule has 0 rings (SSSR count). The van der Waals surface area contributed by atoms with E-state index in [2.05, 4.69) is 19.9 Å². The summed E-state index contributed by atoms with van der Waals surface area (Å²) < 4.78 is 0. The van der Waals surface area contributed by atoms with Crippen LogP contribution in [0.5, 0.6) is 0 Å². The third kappa shape index (κ3) is 7.67. The van der Waals surface area contributed by atoms with Crippen molar-refractivity contribution in [1.29, 1.82) is 0 Å². The van der Waals surface area contributed by atoms with Crippen LogP contribution < -0.4 is 0 Å². The Kier molecular flexibility index (Phi) is 7.71. The first-order chi connectivity index (χ1) is 5.31. The molecule has 0 radical (unpaired) electrons. The van der Waals surface area contributed by atoms with Gasteiger partial charge in [-0.2, -0.15) is 0 Å². The van der Waals surface area contributed by atoms with Crippen molar-refractivity contribution < 1.29 is 0 Å². The fourth-order valence-corrected chi connectivity index (χ4v) is 1.02. The first-order valence-corrected chi connectivity index (χ1v) is 4.71. The van der Waals surface area contributed by atoms with E-state index < -0.39 is 0 Å². The first-order valence-electron chi connectivity index (χ1n) is 4.33. The Bertz CT molecular complexity index is 134. The number of unbranched alkanes of at least 4 members (excludes halogenated alkanes) is 2. The molecule has 0 saturated heterocycles. The summed E-state index contributed by atoms with van der Waals surface area (Å²) in [5, 5.41) is 0.864. The molecular weight excluding hydrogens is 156 g/mol. The number of rotatable bonds is 5. The molecule has 0 aliphatic heterocycles. The second-order valence-electron chi connectivity index (χ2n) is 2.54. The van der Waals surface area contributed by atoms with Gasteiger partial charge in [-0.05, 0) is 18.9 Å². The average Bonchev–Trinajstić information content (AvgIpc) is 1.99. The van der Waals surface area contributed by atoms with Crippen molar-refractivity contribution in [2.24, 2.45) is 0 Å². The Morgan fingerprint density at radius 1 is 1.36 bits per heavy atom. The average molecular weight is 173 g/mol. The number of allylic oxidation sites excluding steroid dienone is 4. The van der Waals surface area contributed by atoms with Crippen molar-refractivity contribution in [3.8, 4) is 0 Å².